The first-order valence-electron chi connectivity index (χ1n) is 9.93. The van der Waals surface area contributed by atoms with E-state index in [4.69, 9.17) is 0 Å². The van der Waals surface area contributed by atoms with Crippen molar-refractivity contribution in [2.75, 3.05) is 5.32 Å². The Balaban J connectivity index is 1.65. The van der Waals surface area contributed by atoms with E-state index in [9.17, 15) is 19.6 Å². The summed E-state index contributed by atoms with van der Waals surface area (Å²) < 4.78 is 15.2. The quantitative estimate of drug-likeness (QED) is 0.665. The molecule has 1 amide bonds. The second kappa shape index (κ2) is 7.22. The Hall–Kier alpha value is -3.24. The number of nitrogens with zero attached hydrogens (tertiary/aromatic N) is 3. The molecule has 0 spiro atoms. The number of amides is 1. The molecular weight excluding hydrogens is 383 g/mol. The fraction of sp³-hybridized carbons (Fsp3) is 0.348. The highest BCUT2D eigenvalue weighted by Gasteiger charge is 2.37. The number of aromatic nitrogens is 2. The zero-order valence-electron chi connectivity index (χ0n) is 16.9. The summed E-state index contributed by atoms with van der Waals surface area (Å²) in [6, 6.07) is 12.9. The number of carbonyl (C=O) groups is 1. The number of rotatable bonds is 5. The number of hydrogen-bond acceptors (Lipinski definition) is 4. The van der Waals surface area contributed by atoms with Crippen LogP contribution in [0.25, 0.3) is 11.0 Å². The van der Waals surface area contributed by atoms with Gasteiger partial charge in [0.2, 0.25) is 11.9 Å². The number of nitriles is 1. The van der Waals surface area contributed by atoms with Crippen molar-refractivity contribution in [1.29, 1.82) is 5.26 Å². The highest BCUT2D eigenvalue weighted by Crippen LogP contribution is 2.43. The highest BCUT2D eigenvalue weighted by atomic mass is 19.1. The number of aliphatic hydroxyl groups is 1. The minimum absolute atomic E-state index is 0.190. The third-order valence-electron chi connectivity index (χ3n) is 5.98. The smallest absolute Gasteiger partial charge is 0.229 e. The first-order chi connectivity index (χ1) is 14.2. The number of fused-ring (bicyclic) bond motifs is 1. The Morgan fingerprint density at radius 2 is 2.03 bits per heavy atom. The monoisotopic (exact) mass is 406 g/mol. The number of halogens is 1. The normalized spacial score (nSPS) is 17.0. The second-order valence-corrected chi connectivity index (χ2v) is 8.44. The summed E-state index contributed by atoms with van der Waals surface area (Å²) in [5.41, 5.74) is 0.842. The van der Waals surface area contributed by atoms with Crippen LogP contribution in [0.4, 0.5) is 10.3 Å². The lowest BCUT2D eigenvalue weighted by atomic mass is 9.78. The lowest BCUT2D eigenvalue weighted by Crippen LogP contribution is -2.38. The lowest BCUT2D eigenvalue weighted by Gasteiger charge is -2.41. The standard InChI is InChI=1S/C23H23FN4O2/c1-22(10-3-11-22)28-19-12-15(14-25)4-9-18(19)26-21(28)27-20(29)13-23(2,30)16-5-7-17(24)8-6-16/h4-9,12,30H,3,10-11,13H2,1-2H3,(H,26,27,29)/t23-/m0/s1. The average molecular weight is 406 g/mol. The van der Waals surface area contributed by atoms with Gasteiger partial charge in [0, 0.05) is 5.54 Å². The van der Waals surface area contributed by atoms with Crippen LogP contribution in [0.3, 0.4) is 0 Å². The second-order valence-electron chi connectivity index (χ2n) is 8.44. The van der Waals surface area contributed by atoms with E-state index in [-0.39, 0.29) is 12.0 Å². The molecule has 2 aromatic carbocycles. The van der Waals surface area contributed by atoms with E-state index in [1.165, 1.54) is 31.2 Å². The number of hydrogen-bond donors (Lipinski definition) is 2. The molecule has 1 aliphatic carbocycles. The van der Waals surface area contributed by atoms with Crippen LogP contribution >= 0.6 is 0 Å². The van der Waals surface area contributed by atoms with E-state index in [1.54, 1.807) is 18.2 Å². The van der Waals surface area contributed by atoms with E-state index >= 15 is 0 Å². The van der Waals surface area contributed by atoms with Gasteiger partial charge in [-0.3, -0.25) is 10.1 Å². The van der Waals surface area contributed by atoms with Gasteiger partial charge < -0.3 is 9.67 Å². The van der Waals surface area contributed by atoms with Crippen LogP contribution in [-0.4, -0.2) is 20.6 Å². The molecule has 1 aromatic heterocycles. The largest absolute Gasteiger partial charge is 0.385 e. The van der Waals surface area contributed by atoms with Crippen molar-refractivity contribution in [3.05, 3.63) is 59.4 Å². The molecule has 154 valence electrons. The van der Waals surface area contributed by atoms with Crippen molar-refractivity contribution in [3.8, 4) is 6.07 Å². The van der Waals surface area contributed by atoms with Crippen LogP contribution < -0.4 is 5.32 Å². The van der Waals surface area contributed by atoms with Crippen LogP contribution in [0, 0.1) is 17.1 Å². The molecule has 0 aliphatic heterocycles. The number of imidazole rings is 1. The average Bonchev–Trinajstić information content (AvgIpc) is 3.02. The van der Waals surface area contributed by atoms with Crippen LogP contribution in [0.2, 0.25) is 0 Å². The molecule has 0 bridgehead atoms. The number of anilines is 1. The molecule has 0 unspecified atom stereocenters. The van der Waals surface area contributed by atoms with Crippen molar-refractivity contribution in [1.82, 2.24) is 9.55 Å². The predicted octanol–water partition coefficient (Wildman–Crippen LogP) is 4.18. The minimum Gasteiger partial charge on any atom is -0.385 e. The van der Waals surface area contributed by atoms with Crippen LogP contribution in [0.5, 0.6) is 0 Å². The summed E-state index contributed by atoms with van der Waals surface area (Å²) in [4.78, 5) is 17.4. The summed E-state index contributed by atoms with van der Waals surface area (Å²) in [6.45, 7) is 3.64. The van der Waals surface area contributed by atoms with Gasteiger partial charge in [0.05, 0.1) is 34.7 Å². The molecule has 2 N–H and O–H groups in total. The first-order valence-corrected chi connectivity index (χ1v) is 9.93. The van der Waals surface area contributed by atoms with Crippen molar-refractivity contribution in [2.45, 2.75) is 50.7 Å². The maximum absolute atomic E-state index is 13.2. The predicted molar refractivity (Wildman–Crippen MR) is 111 cm³/mol. The topological polar surface area (TPSA) is 90.9 Å². The summed E-state index contributed by atoms with van der Waals surface area (Å²) in [5.74, 6) is -0.398. The number of benzene rings is 2. The molecule has 7 heteroatoms. The van der Waals surface area contributed by atoms with Gasteiger partial charge in [0.25, 0.3) is 0 Å². The van der Waals surface area contributed by atoms with Gasteiger partial charge in [0.1, 0.15) is 5.82 Å². The SMILES string of the molecule is CC1(n2c(NC(=O)C[C@](C)(O)c3ccc(F)cc3)nc3ccc(C#N)cc32)CCC1. The Kier molecular flexibility index (Phi) is 4.83. The molecule has 0 saturated heterocycles. The molecule has 1 heterocycles. The fourth-order valence-corrected chi connectivity index (χ4v) is 4.08. The van der Waals surface area contributed by atoms with Crippen molar-refractivity contribution in [2.24, 2.45) is 0 Å². The molecule has 4 rings (SSSR count). The van der Waals surface area contributed by atoms with Crippen molar-refractivity contribution < 1.29 is 14.3 Å². The van der Waals surface area contributed by atoms with E-state index < -0.39 is 17.3 Å². The molecule has 30 heavy (non-hydrogen) atoms. The van der Waals surface area contributed by atoms with Gasteiger partial charge in [-0.1, -0.05) is 12.1 Å². The molecule has 0 radical (unpaired) electrons. The maximum atomic E-state index is 13.2. The van der Waals surface area contributed by atoms with Crippen LogP contribution in [0.1, 0.15) is 50.7 Å². The Labute approximate surface area is 174 Å². The van der Waals surface area contributed by atoms with Crippen molar-refractivity contribution in [3.63, 3.8) is 0 Å². The van der Waals surface area contributed by atoms with Gasteiger partial charge >= 0.3 is 0 Å². The molecule has 1 aliphatic rings. The zero-order valence-corrected chi connectivity index (χ0v) is 16.9. The summed E-state index contributed by atoms with van der Waals surface area (Å²) in [5, 5.41) is 22.9. The third kappa shape index (κ3) is 3.55. The third-order valence-corrected chi connectivity index (χ3v) is 5.98. The Morgan fingerprint density at radius 3 is 2.63 bits per heavy atom. The van der Waals surface area contributed by atoms with Crippen LogP contribution in [-0.2, 0) is 15.9 Å². The highest BCUT2D eigenvalue weighted by molar-refractivity contribution is 5.92. The van der Waals surface area contributed by atoms with Crippen molar-refractivity contribution >= 4 is 22.9 Å². The summed E-state index contributed by atoms with van der Waals surface area (Å²) >= 11 is 0. The Bertz CT molecular complexity index is 1150. The molecule has 6 nitrogen and oxygen atoms in total. The van der Waals surface area contributed by atoms with E-state index in [2.05, 4.69) is 23.3 Å². The summed E-state index contributed by atoms with van der Waals surface area (Å²) in [7, 11) is 0. The molecule has 1 atom stereocenters. The minimum atomic E-state index is -1.46. The van der Waals surface area contributed by atoms with Gasteiger partial charge in [-0.25, -0.2) is 9.37 Å². The van der Waals surface area contributed by atoms with E-state index in [0.717, 1.165) is 24.8 Å². The summed E-state index contributed by atoms with van der Waals surface area (Å²) in [6.07, 6.45) is 2.78. The van der Waals surface area contributed by atoms with E-state index in [0.29, 0.717) is 22.6 Å². The first kappa shape index (κ1) is 20.0. The molecule has 1 fully saturated rings. The lowest BCUT2D eigenvalue weighted by molar-refractivity contribution is -0.120. The molecular formula is C23H23FN4O2. The fourth-order valence-electron chi connectivity index (χ4n) is 4.08. The number of carbonyl (C=O) groups excluding carboxylic acids is 1. The van der Waals surface area contributed by atoms with Gasteiger partial charge in [-0.05, 0) is 69.0 Å². The maximum Gasteiger partial charge on any atom is 0.229 e. The van der Waals surface area contributed by atoms with Gasteiger partial charge in [0.15, 0.2) is 0 Å². The van der Waals surface area contributed by atoms with E-state index in [1.807, 2.05) is 4.57 Å². The zero-order chi connectivity index (χ0) is 21.5. The Morgan fingerprint density at radius 1 is 1.33 bits per heavy atom. The molecule has 3 aromatic rings. The number of nitrogens with one attached hydrogen (secondary N) is 1. The van der Waals surface area contributed by atoms with Crippen LogP contribution in [0.15, 0.2) is 42.5 Å². The van der Waals surface area contributed by atoms with Gasteiger partial charge in [-0.15, -0.1) is 0 Å². The van der Waals surface area contributed by atoms with Gasteiger partial charge in [-0.2, -0.15) is 5.26 Å². The molecule has 1 saturated carbocycles.